The number of nitrogen functional groups attached to an aromatic ring is 1. The van der Waals surface area contributed by atoms with E-state index in [-0.39, 0.29) is 10.9 Å². The third-order valence-electron chi connectivity index (χ3n) is 2.33. The molecule has 1 unspecified atom stereocenters. The molecule has 0 radical (unpaired) electrons. The van der Waals surface area contributed by atoms with Crippen LogP contribution < -0.4 is 16.2 Å². The summed E-state index contributed by atoms with van der Waals surface area (Å²) in [5.74, 6) is 0. The fourth-order valence-electron chi connectivity index (χ4n) is 1.26. The highest BCUT2D eigenvalue weighted by atomic mass is 32.2. The minimum atomic E-state index is -3.75. The van der Waals surface area contributed by atoms with Crippen molar-refractivity contribution in [2.24, 2.45) is 5.14 Å². The second-order valence-electron chi connectivity index (χ2n) is 3.75. The van der Waals surface area contributed by atoms with Crippen molar-refractivity contribution in [2.45, 2.75) is 31.2 Å². The molecule has 0 saturated carbocycles. The Morgan fingerprint density at radius 2 is 2.06 bits per heavy atom. The van der Waals surface area contributed by atoms with Crippen LogP contribution in [0.15, 0.2) is 23.1 Å². The average molecular weight is 243 g/mol. The molecule has 0 aromatic heterocycles. The zero-order valence-corrected chi connectivity index (χ0v) is 10.2. The number of nitrogens with one attached hydrogen (secondary N) is 1. The number of nitrogens with two attached hydrogens (primary N) is 2. The third kappa shape index (κ3) is 3.11. The highest BCUT2D eigenvalue weighted by molar-refractivity contribution is 7.89. The van der Waals surface area contributed by atoms with Crippen LogP contribution in [0.1, 0.15) is 20.3 Å². The Kier molecular flexibility index (Phi) is 3.77. The topological polar surface area (TPSA) is 98.2 Å². The van der Waals surface area contributed by atoms with Gasteiger partial charge in [-0.25, -0.2) is 13.6 Å². The van der Waals surface area contributed by atoms with Crippen LogP contribution in [-0.4, -0.2) is 14.5 Å². The molecule has 0 heterocycles. The van der Waals surface area contributed by atoms with Gasteiger partial charge in [0.2, 0.25) is 10.0 Å². The molecule has 1 aromatic rings. The summed E-state index contributed by atoms with van der Waals surface area (Å²) in [4.78, 5) is 0.0350. The van der Waals surface area contributed by atoms with E-state index in [0.29, 0.717) is 11.4 Å². The molecule has 6 heteroatoms. The molecule has 0 spiro atoms. The molecule has 0 saturated heterocycles. The van der Waals surface area contributed by atoms with Crippen molar-refractivity contribution in [3.63, 3.8) is 0 Å². The predicted octanol–water partition coefficient (Wildman–Crippen LogP) is 1.13. The van der Waals surface area contributed by atoms with Crippen LogP contribution in [0.3, 0.4) is 0 Å². The molecule has 1 aromatic carbocycles. The van der Waals surface area contributed by atoms with Gasteiger partial charge in [0.1, 0.15) is 4.90 Å². The predicted molar refractivity (Wildman–Crippen MR) is 65.6 cm³/mol. The monoisotopic (exact) mass is 243 g/mol. The van der Waals surface area contributed by atoms with E-state index < -0.39 is 10.0 Å². The number of rotatable bonds is 4. The zero-order chi connectivity index (χ0) is 12.3. The molecule has 0 aliphatic heterocycles. The normalized spacial score (nSPS) is 13.4. The first kappa shape index (κ1) is 12.8. The number of hydrogen-bond acceptors (Lipinski definition) is 4. The lowest BCUT2D eigenvalue weighted by Crippen LogP contribution is -2.19. The molecule has 5 nitrogen and oxygen atoms in total. The maximum absolute atomic E-state index is 11.4. The minimum Gasteiger partial charge on any atom is -0.399 e. The first-order valence-electron chi connectivity index (χ1n) is 5.03. The largest absolute Gasteiger partial charge is 0.399 e. The van der Waals surface area contributed by atoms with Crippen LogP contribution in [-0.2, 0) is 10.0 Å². The SMILES string of the molecule is CCC(C)Nc1ccc(N)cc1S(N)(=O)=O. The molecule has 0 aliphatic carbocycles. The van der Waals surface area contributed by atoms with Gasteiger partial charge in [0.25, 0.3) is 0 Å². The van der Waals surface area contributed by atoms with Gasteiger partial charge in [-0.05, 0) is 31.5 Å². The van der Waals surface area contributed by atoms with Gasteiger partial charge in [-0.15, -0.1) is 0 Å². The highest BCUT2D eigenvalue weighted by Crippen LogP contribution is 2.23. The Bertz CT molecular complexity index is 471. The van der Waals surface area contributed by atoms with Gasteiger partial charge in [0.05, 0.1) is 5.69 Å². The smallest absolute Gasteiger partial charge is 0.240 e. The number of hydrogen-bond donors (Lipinski definition) is 3. The number of sulfonamides is 1. The maximum Gasteiger partial charge on any atom is 0.240 e. The molecule has 16 heavy (non-hydrogen) atoms. The average Bonchev–Trinajstić information content (AvgIpc) is 2.19. The summed E-state index contributed by atoms with van der Waals surface area (Å²) in [5.41, 5.74) is 6.41. The molecule has 0 fully saturated rings. The van der Waals surface area contributed by atoms with E-state index in [4.69, 9.17) is 10.9 Å². The molecular formula is C10H17N3O2S. The Labute approximate surface area is 95.9 Å². The third-order valence-corrected chi connectivity index (χ3v) is 3.28. The molecule has 0 aliphatic rings. The Balaban J connectivity index is 3.19. The van der Waals surface area contributed by atoms with Crippen molar-refractivity contribution >= 4 is 21.4 Å². The van der Waals surface area contributed by atoms with Crippen molar-refractivity contribution < 1.29 is 8.42 Å². The summed E-state index contributed by atoms with van der Waals surface area (Å²) in [7, 11) is -3.75. The molecule has 1 rings (SSSR count). The Morgan fingerprint density at radius 1 is 1.44 bits per heavy atom. The lowest BCUT2D eigenvalue weighted by molar-refractivity contribution is 0.598. The van der Waals surface area contributed by atoms with E-state index in [1.165, 1.54) is 6.07 Å². The standard InChI is InChI=1S/C10H17N3O2S/c1-3-7(2)13-9-5-4-8(11)6-10(9)16(12,14)15/h4-7,13H,3,11H2,1-2H3,(H2,12,14,15). The van der Waals surface area contributed by atoms with E-state index >= 15 is 0 Å². The van der Waals surface area contributed by atoms with E-state index in [0.717, 1.165) is 6.42 Å². The van der Waals surface area contributed by atoms with Gasteiger partial charge >= 0.3 is 0 Å². The van der Waals surface area contributed by atoms with Crippen molar-refractivity contribution in [2.75, 3.05) is 11.1 Å². The maximum atomic E-state index is 11.4. The van der Waals surface area contributed by atoms with Crippen LogP contribution in [0.2, 0.25) is 0 Å². The Hall–Kier alpha value is -1.27. The quantitative estimate of drug-likeness (QED) is 0.690. The lowest BCUT2D eigenvalue weighted by Gasteiger charge is -2.16. The highest BCUT2D eigenvalue weighted by Gasteiger charge is 2.15. The van der Waals surface area contributed by atoms with Crippen LogP contribution in [0, 0.1) is 0 Å². The van der Waals surface area contributed by atoms with Crippen LogP contribution >= 0.6 is 0 Å². The van der Waals surface area contributed by atoms with Crippen molar-refractivity contribution in [3.8, 4) is 0 Å². The zero-order valence-electron chi connectivity index (χ0n) is 9.40. The van der Waals surface area contributed by atoms with Gasteiger partial charge in [-0.1, -0.05) is 6.92 Å². The molecule has 5 N–H and O–H groups in total. The summed E-state index contributed by atoms with van der Waals surface area (Å²) in [6.07, 6.45) is 0.883. The molecule has 90 valence electrons. The van der Waals surface area contributed by atoms with E-state index in [2.05, 4.69) is 5.32 Å². The van der Waals surface area contributed by atoms with Crippen molar-refractivity contribution in [3.05, 3.63) is 18.2 Å². The molecular weight excluding hydrogens is 226 g/mol. The number of anilines is 2. The Morgan fingerprint density at radius 3 is 2.56 bits per heavy atom. The van der Waals surface area contributed by atoms with E-state index in [1.54, 1.807) is 12.1 Å². The van der Waals surface area contributed by atoms with Crippen LogP contribution in [0.4, 0.5) is 11.4 Å². The van der Waals surface area contributed by atoms with E-state index in [1.807, 2.05) is 13.8 Å². The van der Waals surface area contributed by atoms with Gasteiger partial charge < -0.3 is 11.1 Å². The fourth-order valence-corrected chi connectivity index (χ4v) is 1.99. The first-order chi connectivity index (χ1) is 7.34. The van der Waals surface area contributed by atoms with Gasteiger partial charge in [-0.2, -0.15) is 0 Å². The minimum absolute atomic E-state index is 0.0350. The summed E-state index contributed by atoms with van der Waals surface area (Å²) >= 11 is 0. The van der Waals surface area contributed by atoms with Gasteiger partial charge in [0, 0.05) is 11.7 Å². The fraction of sp³-hybridized carbons (Fsp3) is 0.400. The lowest BCUT2D eigenvalue weighted by atomic mass is 10.2. The van der Waals surface area contributed by atoms with Crippen LogP contribution in [0.5, 0.6) is 0 Å². The van der Waals surface area contributed by atoms with Crippen LogP contribution in [0.25, 0.3) is 0 Å². The summed E-state index contributed by atoms with van der Waals surface area (Å²) in [5, 5.41) is 8.20. The second kappa shape index (κ2) is 4.71. The first-order valence-corrected chi connectivity index (χ1v) is 6.58. The summed E-state index contributed by atoms with van der Waals surface area (Å²) in [6, 6.07) is 4.80. The van der Waals surface area contributed by atoms with E-state index in [9.17, 15) is 8.42 Å². The van der Waals surface area contributed by atoms with Gasteiger partial charge in [-0.3, -0.25) is 0 Å². The number of primary sulfonamides is 1. The summed E-state index contributed by atoms with van der Waals surface area (Å²) in [6.45, 7) is 3.97. The molecule has 0 bridgehead atoms. The summed E-state index contributed by atoms with van der Waals surface area (Å²) < 4.78 is 22.7. The molecule has 1 atom stereocenters. The van der Waals surface area contributed by atoms with Gasteiger partial charge in [0.15, 0.2) is 0 Å². The second-order valence-corrected chi connectivity index (χ2v) is 5.28. The molecule has 0 amide bonds. The number of benzene rings is 1. The van der Waals surface area contributed by atoms with Crippen molar-refractivity contribution in [1.82, 2.24) is 0 Å². The van der Waals surface area contributed by atoms with Crippen molar-refractivity contribution in [1.29, 1.82) is 0 Å².